The summed E-state index contributed by atoms with van der Waals surface area (Å²) in [5.74, 6) is 0. The summed E-state index contributed by atoms with van der Waals surface area (Å²) >= 11 is 0. The smallest absolute Gasteiger partial charge is 0.00179 e. The van der Waals surface area contributed by atoms with Gasteiger partial charge in [0, 0.05) is 0 Å². The molecule has 0 aromatic rings. The fourth-order valence-electron chi connectivity index (χ4n) is 0. The van der Waals surface area contributed by atoms with Gasteiger partial charge in [0.2, 0.25) is 0 Å². The van der Waals surface area contributed by atoms with Crippen molar-refractivity contribution in [1.82, 2.24) is 6.15 Å². The predicted molar refractivity (Wildman–Crippen MR) is 24.3 cm³/mol. The first-order valence-electron chi connectivity index (χ1n) is 1.49. The van der Waals surface area contributed by atoms with E-state index in [0.29, 0.717) is 6.04 Å². The summed E-state index contributed by atoms with van der Waals surface area (Å²) in [6.45, 7) is 3.89. The third-order valence-corrected chi connectivity index (χ3v) is 0. The molecule has 0 aliphatic heterocycles. The molecule has 0 amide bonds. The first-order valence-corrected chi connectivity index (χ1v) is 1.49. The third-order valence-electron chi connectivity index (χ3n) is 0. The molecule has 34 valence electrons. The number of rotatable bonds is 0. The van der Waals surface area contributed by atoms with E-state index in [1.807, 2.05) is 13.8 Å². The normalized spacial score (nSPS) is 7.20. The van der Waals surface area contributed by atoms with Crippen LogP contribution in [0.2, 0.25) is 0 Å². The number of hydrogen-bond acceptors (Lipinski definition) is 2. The van der Waals surface area contributed by atoms with Gasteiger partial charge < -0.3 is 11.9 Å². The van der Waals surface area contributed by atoms with Crippen LogP contribution in [0, 0.1) is 0 Å². The molecule has 0 fully saturated rings. The van der Waals surface area contributed by atoms with Crippen molar-refractivity contribution in [1.29, 1.82) is 0 Å². The summed E-state index contributed by atoms with van der Waals surface area (Å²) in [6, 6.07) is 0.333. The SMILES string of the molecule is CC(C)N.N. The summed E-state index contributed by atoms with van der Waals surface area (Å²) in [5, 5.41) is 0. The molecular formula is C3H12N2. The minimum atomic E-state index is 0. The molecule has 0 rings (SSSR count). The van der Waals surface area contributed by atoms with Crippen LogP contribution in [0.3, 0.4) is 0 Å². The van der Waals surface area contributed by atoms with E-state index < -0.39 is 0 Å². The van der Waals surface area contributed by atoms with Gasteiger partial charge in [0.25, 0.3) is 0 Å². The molecular weight excluding hydrogens is 64.0 g/mol. The van der Waals surface area contributed by atoms with Gasteiger partial charge in [0.15, 0.2) is 0 Å². The lowest BCUT2D eigenvalue weighted by Crippen LogP contribution is -2.06. The van der Waals surface area contributed by atoms with Gasteiger partial charge in [-0.25, -0.2) is 0 Å². The molecule has 0 spiro atoms. The molecule has 0 aromatic heterocycles. The first kappa shape index (κ1) is 8.87. The van der Waals surface area contributed by atoms with Crippen LogP contribution in [-0.4, -0.2) is 6.04 Å². The first-order chi connectivity index (χ1) is 1.73. The molecule has 0 heterocycles. The van der Waals surface area contributed by atoms with Crippen LogP contribution in [0.25, 0.3) is 0 Å². The van der Waals surface area contributed by atoms with E-state index in [4.69, 9.17) is 5.73 Å². The molecule has 0 aliphatic carbocycles. The Bertz CT molecular complexity index is 9.61. The van der Waals surface area contributed by atoms with Crippen LogP contribution in [0.5, 0.6) is 0 Å². The minimum absolute atomic E-state index is 0. The van der Waals surface area contributed by atoms with Crippen LogP contribution in [0.15, 0.2) is 0 Å². The van der Waals surface area contributed by atoms with Crippen LogP contribution < -0.4 is 11.9 Å². The summed E-state index contributed by atoms with van der Waals surface area (Å²) in [4.78, 5) is 0. The van der Waals surface area contributed by atoms with Gasteiger partial charge in [0.1, 0.15) is 0 Å². The van der Waals surface area contributed by atoms with Crippen LogP contribution in [-0.2, 0) is 0 Å². The van der Waals surface area contributed by atoms with Crippen LogP contribution >= 0.6 is 0 Å². The minimum Gasteiger partial charge on any atom is -0.344 e. The second kappa shape index (κ2) is 3.92. The van der Waals surface area contributed by atoms with Crippen LogP contribution in [0.4, 0.5) is 0 Å². The van der Waals surface area contributed by atoms with Gasteiger partial charge in [-0.1, -0.05) is 13.8 Å². The van der Waals surface area contributed by atoms with E-state index >= 15 is 0 Å². The predicted octanol–water partition coefficient (Wildman–Crippen LogP) is 0.515. The van der Waals surface area contributed by atoms with Crippen molar-refractivity contribution < 1.29 is 0 Å². The van der Waals surface area contributed by atoms with E-state index in [2.05, 4.69) is 0 Å². The molecule has 0 saturated heterocycles. The molecule has 5 heavy (non-hydrogen) atoms. The highest BCUT2D eigenvalue weighted by Gasteiger charge is 1.67. The van der Waals surface area contributed by atoms with E-state index in [1.165, 1.54) is 0 Å². The summed E-state index contributed by atoms with van der Waals surface area (Å²) in [6.07, 6.45) is 0. The highest BCUT2D eigenvalue weighted by Crippen LogP contribution is 1.58. The Hall–Kier alpha value is -0.0800. The standard InChI is InChI=1S/C3H9N.H3N/c1-3(2)4;/h3H,4H2,1-2H3;1H3. The zero-order valence-corrected chi connectivity index (χ0v) is 3.86. The highest BCUT2D eigenvalue weighted by atomic mass is 14.6. The van der Waals surface area contributed by atoms with Gasteiger partial charge in [-0.2, -0.15) is 0 Å². The second-order valence-electron chi connectivity index (χ2n) is 1.24. The maximum atomic E-state index is 5.11. The zero-order valence-electron chi connectivity index (χ0n) is 3.86. The topological polar surface area (TPSA) is 61.0 Å². The van der Waals surface area contributed by atoms with Crippen molar-refractivity contribution in [2.75, 3.05) is 0 Å². The van der Waals surface area contributed by atoms with Gasteiger partial charge in [-0.3, -0.25) is 0 Å². The van der Waals surface area contributed by atoms with Gasteiger partial charge in [-0.05, 0) is 6.04 Å². The Kier molecular flexibility index (Phi) is 6.95. The molecule has 0 saturated carbocycles. The average molecular weight is 76.1 g/mol. The molecule has 0 unspecified atom stereocenters. The van der Waals surface area contributed by atoms with Crippen molar-refractivity contribution >= 4 is 0 Å². The highest BCUT2D eigenvalue weighted by molar-refractivity contribution is 4.32. The molecule has 5 N–H and O–H groups in total. The van der Waals surface area contributed by atoms with Crippen molar-refractivity contribution in [2.24, 2.45) is 5.73 Å². The Morgan fingerprint density at radius 3 is 1.40 bits per heavy atom. The van der Waals surface area contributed by atoms with E-state index in [1.54, 1.807) is 0 Å². The molecule has 0 bridgehead atoms. The van der Waals surface area contributed by atoms with E-state index in [-0.39, 0.29) is 6.15 Å². The molecule has 2 nitrogen and oxygen atoms in total. The monoisotopic (exact) mass is 76.1 g/mol. The lowest BCUT2D eigenvalue weighted by atomic mass is 10.5. The van der Waals surface area contributed by atoms with Gasteiger partial charge in [0.05, 0.1) is 0 Å². The van der Waals surface area contributed by atoms with E-state index in [0.717, 1.165) is 0 Å². The Morgan fingerprint density at radius 1 is 1.40 bits per heavy atom. The lowest BCUT2D eigenvalue weighted by molar-refractivity contribution is 0.834. The lowest BCUT2D eigenvalue weighted by Gasteiger charge is -1.81. The molecule has 0 aromatic carbocycles. The summed E-state index contributed by atoms with van der Waals surface area (Å²) in [7, 11) is 0. The van der Waals surface area contributed by atoms with Crippen molar-refractivity contribution in [3.05, 3.63) is 0 Å². The molecule has 0 aliphatic rings. The van der Waals surface area contributed by atoms with Gasteiger partial charge >= 0.3 is 0 Å². The fraction of sp³-hybridized carbons (Fsp3) is 1.00. The average Bonchev–Trinajstić information content (AvgIpc) is 0.811. The van der Waals surface area contributed by atoms with E-state index in [9.17, 15) is 0 Å². The second-order valence-corrected chi connectivity index (χ2v) is 1.24. The maximum Gasteiger partial charge on any atom is -0.00179 e. The quantitative estimate of drug-likeness (QED) is 0.441. The number of hydrogen-bond donors (Lipinski definition) is 2. The van der Waals surface area contributed by atoms with Crippen molar-refractivity contribution in [3.63, 3.8) is 0 Å². The van der Waals surface area contributed by atoms with Crippen molar-refractivity contribution in [2.45, 2.75) is 19.9 Å². The third kappa shape index (κ3) is 2260. The zero-order chi connectivity index (χ0) is 3.58. The fourth-order valence-corrected chi connectivity index (χ4v) is 0. The Labute approximate surface area is 32.9 Å². The summed E-state index contributed by atoms with van der Waals surface area (Å²) < 4.78 is 0. The van der Waals surface area contributed by atoms with Crippen molar-refractivity contribution in [3.8, 4) is 0 Å². The Morgan fingerprint density at radius 2 is 1.40 bits per heavy atom. The van der Waals surface area contributed by atoms with Crippen LogP contribution in [0.1, 0.15) is 13.8 Å². The largest absolute Gasteiger partial charge is 0.344 e. The number of nitrogens with two attached hydrogens (primary N) is 1. The maximum absolute atomic E-state index is 5.11. The Balaban J connectivity index is 0. The summed E-state index contributed by atoms with van der Waals surface area (Å²) in [5.41, 5.74) is 5.11. The molecule has 0 atom stereocenters. The molecule has 0 radical (unpaired) electrons. The van der Waals surface area contributed by atoms with Gasteiger partial charge in [-0.15, -0.1) is 0 Å². The molecule has 2 heteroatoms.